The third-order valence-electron chi connectivity index (χ3n) is 3.57. The monoisotopic (exact) mass is 410 g/mol. The first-order valence-corrected chi connectivity index (χ1v) is 8.46. The van der Waals surface area contributed by atoms with Crippen molar-refractivity contribution in [1.82, 2.24) is 9.97 Å². The lowest BCUT2D eigenvalue weighted by molar-refractivity contribution is -0.139. The first kappa shape index (κ1) is 22.2. The Kier molecular flexibility index (Phi) is 6.48. The highest BCUT2D eigenvalue weighted by Crippen LogP contribution is 2.38. The number of nitrogens with zero attached hydrogens (tertiary/aromatic N) is 2. The van der Waals surface area contributed by atoms with E-state index in [9.17, 15) is 18.0 Å². The number of allylic oxidation sites excluding steroid dienone is 1. The van der Waals surface area contributed by atoms with Crippen LogP contribution in [0.25, 0.3) is 11.3 Å². The number of carbonyl (C=O) groups is 1. The molecule has 1 amide bonds. The molecule has 2 aromatic heterocycles. The molecule has 0 saturated heterocycles. The number of primary amides is 1. The molecule has 0 fully saturated rings. The zero-order valence-electron chi connectivity index (χ0n) is 16.1. The Labute approximate surface area is 165 Å². The molecule has 2 rings (SSSR count). The predicted molar refractivity (Wildman–Crippen MR) is 100 cm³/mol. The van der Waals surface area contributed by atoms with Crippen LogP contribution in [0.5, 0.6) is 11.6 Å². The van der Waals surface area contributed by atoms with Gasteiger partial charge < -0.3 is 20.9 Å². The SMILES string of the molecule is CC(C)=CC(C)(N)COc1cnc(-c2ccnc(OC(N)=O)c2)cc1C(F)(F)F. The van der Waals surface area contributed by atoms with E-state index in [-0.39, 0.29) is 23.7 Å². The molecule has 2 aromatic rings. The molecule has 1 atom stereocenters. The van der Waals surface area contributed by atoms with Crippen molar-refractivity contribution in [1.29, 1.82) is 0 Å². The van der Waals surface area contributed by atoms with Gasteiger partial charge in [-0.2, -0.15) is 13.2 Å². The average molecular weight is 410 g/mol. The van der Waals surface area contributed by atoms with E-state index in [2.05, 4.69) is 14.7 Å². The third-order valence-corrected chi connectivity index (χ3v) is 3.57. The van der Waals surface area contributed by atoms with Gasteiger partial charge in [0.1, 0.15) is 17.9 Å². The van der Waals surface area contributed by atoms with Crippen LogP contribution in [0.2, 0.25) is 0 Å². The van der Waals surface area contributed by atoms with Gasteiger partial charge in [0.2, 0.25) is 5.88 Å². The Hall–Kier alpha value is -3.14. The number of carbonyl (C=O) groups excluding carboxylic acids is 1. The molecule has 0 aromatic carbocycles. The van der Waals surface area contributed by atoms with E-state index < -0.39 is 29.1 Å². The normalized spacial score (nSPS) is 13.3. The second-order valence-corrected chi connectivity index (χ2v) is 6.88. The molecule has 10 heteroatoms. The molecule has 2 heterocycles. The lowest BCUT2D eigenvalue weighted by Gasteiger charge is -2.23. The molecule has 4 N–H and O–H groups in total. The largest absolute Gasteiger partial charge is 0.489 e. The summed E-state index contributed by atoms with van der Waals surface area (Å²) < 4.78 is 50.7. The molecule has 29 heavy (non-hydrogen) atoms. The van der Waals surface area contributed by atoms with Crippen LogP contribution in [-0.4, -0.2) is 28.2 Å². The first-order valence-electron chi connectivity index (χ1n) is 8.46. The topological polar surface area (TPSA) is 113 Å². The van der Waals surface area contributed by atoms with Crippen molar-refractivity contribution < 1.29 is 27.4 Å². The Morgan fingerprint density at radius 1 is 1.24 bits per heavy atom. The molecule has 0 radical (unpaired) electrons. The quantitative estimate of drug-likeness (QED) is 0.703. The van der Waals surface area contributed by atoms with Crippen molar-refractivity contribution in [3.8, 4) is 22.9 Å². The fraction of sp³-hybridized carbons (Fsp3) is 0.316. The highest BCUT2D eigenvalue weighted by molar-refractivity contribution is 5.69. The van der Waals surface area contributed by atoms with Crippen molar-refractivity contribution in [2.75, 3.05) is 6.61 Å². The highest BCUT2D eigenvalue weighted by atomic mass is 19.4. The number of halogens is 3. The van der Waals surface area contributed by atoms with Crippen LogP contribution in [0.4, 0.5) is 18.0 Å². The molecule has 0 bridgehead atoms. The minimum absolute atomic E-state index is 0.0128. The Morgan fingerprint density at radius 3 is 2.52 bits per heavy atom. The predicted octanol–water partition coefficient (Wildman–Crippen LogP) is 3.68. The maximum absolute atomic E-state index is 13.6. The van der Waals surface area contributed by atoms with E-state index >= 15 is 0 Å². The van der Waals surface area contributed by atoms with Crippen molar-refractivity contribution in [3.63, 3.8) is 0 Å². The van der Waals surface area contributed by atoms with Gasteiger partial charge in [-0.05, 0) is 32.9 Å². The third kappa shape index (κ3) is 6.46. The van der Waals surface area contributed by atoms with E-state index in [0.29, 0.717) is 0 Å². The molecular formula is C19H21F3N4O3. The summed E-state index contributed by atoms with van der Waals surface area (Å²) in [6.07, 6.45) is -1.84. The Morgan fingerprint density at radius 2 is 1.93 bits per heavy atom. The van der Waals surface area contributed by atoms with E-state index in [4.69, 9.17) is 16.2 Å². The van der Waals surface area contributed by atoms with Gasteiger partial charge in [-0.1, -0.05) is 11.6 Å². The molecule has 1 unspecified atom stereocenters. The summed E-state index contributed by atoms with van der Waals surface area (Å²) in [6, 6.07) is 3.51. The minimum atomic E-state index is -4.69. The summed E-state index contributed by atoms with van der Waals surface area (Å²) in [5, 5.41) is 0. The Balaban J connectivity index is 2.38. The maximum Gasteiger partial charge on any atom is 0.420 e. The first-order chi connectivity index (χ1) is 13.4. The van der Waals surface area contributed by atoms with Gasteiger partial charge in [-0.3, -0.25) is 4.98 Å². The Bertz CT molecular complexity index is 923. The second-order valence-electron chi connectivity index (χ2n) is 6.88. The van der Waals surface area contributed by atoms with Crippen molar-refractivity contribution >= 4 is 6.09 Å². The number of amides is 1. The fourth-order valence-electron chi connectivity index (χ4n) is 2.60. The molecule has 0 aliphatic heterocycles. The molecule has 0 saturated carbocycles. The number of pyridine rings is 2. The summed E-state index contributed by atoms with van der Waals surface area (Å²) in [6.45, 7) is 5.13. The molecule has 7 nitrogen and oxygen atoms in total. The number of alkyl halides is 3. The van der Waals surface area contributed by atoms with Gasteiger partial charge in [-0.25, -0.2) is 9.78 Å². The van der Waals surface area contributed by atoms with Crippen LogP contribution in [0.1, 0.15) is 26.3 Å². The summed E-state index contributed by atoms with van der Waals surface area (Å²) in [5.74, 6) is -0.603. The zero-order chi connectivity index (χ0) is 21.8. The van der Waals surface area contributed by atoms with E-state index in [0.717, 1.165) is 17.8 Å². The summed E-state index contributed by atoms with van der Waals surface area (Å²) >= 11 is 0. The van der Waals surface area contributed by atoms with Gasteiger partial charge in [0.05, 0.1) is 17.4 Å². The van der Waals surface area contributed by atoms with E-state index in [1.165, 1.54) is 18.3 Å². The van der Waals surface area contributed by atoms with Crippen LogP contribution < -0.4 is 20.9 Å². The number of rotatable bonds is 6. The molecule has 0 aliphatic carbocycles. The number of hydrogen-bond donors (Lipinski definition) is 2. The molecule has 0 aliphatic rings. The second kappa shape index (κ2) is 8.48. The van der Waals surface area contributed by atoms with Crippen molar-refractivity contribution in [3.05, 3.63) is 47.8 Å². The number of aromatic nitrogens is 2. The van der Waals surface area contributed by atoms with Crippen LogP contribution in [0, 0.1) is 0 Å². The molecule has 0 spiro atoms. The fourth-order valence-corrected chi connectivity index (χ4v) is 2.60. The van der Waals surface area contributed by atoms with Crippen molar-refractivity contribution in [2.24, 2.45) is 11.5 Å². The van der Waals surface area contributed by atoms with E-state index in [1.807, 2.05) is 13.8 Å². The maximum atomic E-state index is 13.6. The number of hydrogen-bond acceptors (Lipinski definition) is 6. The molecule has 156 valence electrons. The van der Waals surface area contributed by atoms with Crippen molar-refractivity contribution in [2.45, 2.75) is 32.5 Å². The lowest BCUT2D eigenvalue weighted by Crippen LogP contribution is -2.40. The zero-order valence-corrected chi connectivity index (χ0v) is 16.1. The van der Waals surface area contributed by atoms with Crippen LogP contribution in [0.3, 0.4) is 0 Å². The van der Waals surface area contributed by atoms with Crippen LogP contribution in [0.15, 0.2) is 42.2 Å². The van der Waals surface area contributed by atoms with E-state index in [1.54, 1.807) is 13.0 Å². The minimum Gasteiger partial charge on any atom is -0.489 e. The van der Waals surface area contributed by atoms with Gasteiger partial charge in [-0.15, -0.1) is 0 Å². The highest BCUT2D eigenvalue weighted by Gasteiger charge is 2.35. The van der Waals surface area contributed by atoms with Crippen LogP contribution >= 0.6 is 0 Å². The smallest absolute Gasteiger partial charge is 0.420 e. The lowest BCUT2D eigenvalue weighted by atomic mass is 10.0. The van der Waals surface area contributed by atoms with Crippen LogP contribution in [-0.2, 0) is 6.18 Å². The standard InChI is InChI=1S/C19H21F3N4O3/c1-11(2)8-18(3,24)10-28-15-9-26-14(7-13(15)19(20,21)22)12-4-5-25-16(6-12)29-17(23)27/h4-9H,10,24H2,1-3H3,(H2,23,27). The molecular weight excluding hydrogens is 389 g/mol. The summed E-state index contributed by atoms with van der Waals surface area (Å²) in [4.78, 5) is 18.6. The number of ether oxygens (including phenoxy) is 2. The van der Waals surface area contributed by atoms with Gasteiger partial charge in [0.15, 0.2) is 0 Å². The number of nitrogens with two attached hydrogens (primary N) is 2. The van der Waals surface area contributed by atoms with Gasteiger partial charge in [0.25, 0.3) is 0 Å². The summed E-state index contributed by atoms with van der Waals surface area (Å²) in [5.41, 5.74) is 10.1. The summed E-state index contributed by atoms with van der Waals surface area (Å²) in [7, 11) is 0. The van der Waals surface area contributed by atoms with Gasteiger partial charge >= 0.3 is 12.3 Å². The average Bonchev–Trinajstić information content (AvgIpc) is 2.57. The van der Waals surface area contributed by atoms with Gasteiger partial charge in [0, 0.05) is 17.8 Å².